The summed E-state index contributed by atoms with van der Waals surface area (Å²) >= 11 is 2.09. The van der Waals surface area contributed by atoms with E-state index < -0.39 is 0 Å². The Bertz CT molecular complexity index is 493. The minimum absolute atomic E-state index is 0.738. The van der Waals surface area contributed by atoms with E-state index in [9.17, 15) is 0 Å². The van der Waals surface area contributed by atoms with Gasteiger partial charge < -0.3 is 5.32 Å². The van der Waals surface area contributed by atoms with Gasteiger partial charge in [0.2, 0.25) is 0 Å². The SMILES string of the molecule is C1CCC(SCc2nc3c(c(C4CC4)n2)CNCC3)C1. The zero-order valence-electron chi connectivity index (χ0n) is 12.0. The van der Waals surface area contributed by atoms with Crippen LogP contribution in [0.2, 0.25) is 0 Å². The van der Waals surface area contributed by atoms with Crippen LogP contribution < -0.4 is 5.32 Å². The molecule has 2 saturated carbocycles. The van der Waals surface area contributed by atoms with Gasteiger partial charge in [-0.3, -0.25) is 0 Å². The number of hydrogen-bond donors (Lipinski definition) is 1. The number of fused-ring (bicyclic) bond motifs is 1. The van der Waals surface area contributed by atoms with E-state index >= 15 is 0 Å². The standard InChI is InChI=1S/C16H23N3S/c1-2-4-12(3-1)20-10-15-18-14-7-8-17-9-13(14)16(19-15)11-5-6-11/h11-12,17H,1-10H2. The van der Waals surface area contributed by atoms with Crippen molar-refractivity contribution in [2.45, 2.75) is 68.4 Å². The Morgan fingerprint density at radius 1 is 1.10 bits per heavy atom. The molecule has 20 heavy (non-hydrogen) atoms. The lowest BCUT2D eigenvalue weighted by Gasteiger charge is -2.20. The topological polar surface area (TPSA) is 37.8 Å². The molecule has 2 fully saturated rings. The Hall–Kier alpha value is -0.610. The van der Waals surface area contributed by atoms with Gasteiger partial charge in [0.15, 0.2) is 0 Å². The van der Waals surface area contributed by atoms with Crippen LogP contribution in [0.1, 0.15) is 67.2 Å². The van der Waals surface area contributed by atoms with Gasteiger partial charge in [0.05, 0.1) is 17.1 Å². The maximum absolute atomic E-state index is 4.94. The Morgan fingerprint density at radius 3 is 2.75 bits per heavy atom. The lowest BCUT2D eigenvalue weighted by molar-refractivity contribution is 0.612. The van der Waals surface area contributed by atoms with Gasteiger partial charge in [-0.05, 0) is 25.7 Å². The summed E-state index contributed by atoms with van der Waals surface area (Å²) in [5.41, 5.74) is 4.14. The minimum Gasteiger partial charge on any atom is -0.312 e. The van der Waals surface area contributed by atoms with E-state index in [4.69, 9.17) is 9.97 Å². The smallest absolute Gasteiger partial charge is 0.138 e. The van der Waals surface area contributed by atoms with Crippen molar-refractivity contribution in [3.05, 3.63) is 22.8 Å². The number of rotatable bonds is 4. The first-order valence-corrected chi connectivity index (χ1v) is 9.16. The number of nitrogens with zero attached hydrogens (tertiary/aromatic N) is 2. The van der Waals surface area contributed by atoms with E-state index in [1.807, 2.05) is 0 Å². The van der Waals surface area contributed by atoms with Crippen LogP contribution >= 0.6 is 11.8 Å². The first-order valence-electron chi connectivity index (χ1n) is 8.11. The van der Waals surface area contributed by atoms with Crippen LogP contribution in [0, 0.1) is 0 Å². The van der Waals surface area contributed by atoms with Crippen LogP contribution in [-0.2, 0) is 18.7 Å². The quantitative estimate of drug-likeness (QED) is 0.924. The Kier molecular flexibility index (Phi) is 3.69. The summed E-state index contributed by atoms with van der Waals surface area (Å²) in [5, 5.41) is 4.34. The van der Waals surface area contributed by atoms with Crippen molar-refractivity contribution in [1.82, 2.24) is 15.3 Å². The highest BCUT2D eigenvalue weighted by Crippen LogP contribution is 2.42. The third kappa shape index (κ3) is 2.73. The molecular weight excluding hydrogens is 266 g/mol. The van der Waals surface area contributed by atoms with Gasteiger partial charge in [-0.25, -0.2) is 9.97 Å². The Balaban J connectivity index is 1.54. The summed E-state index contributed by atoms with van der Waals surface area (Å²) in [6, 6.07) is 0. The molecule has 0 aromatic carbocycles. The summed E-state index contributed by atoms with van der Waals surface area (Å²) in [7, 11) is 0. The van der Waals surface area contributed by atoms with Crippen molar-refractivity contribution in [1.29, 1.82) is 0 Å². The molecule has 4 rings (SSSR count). The molecule has 0 saturated heterocycles. The predicted molar refractivity (Wildman–Crippen MR) is 83.0 cm³/mol. The van der Waals surface area contributed by atoms with Crippen molar-refractivity contribution >= 4 is 11.8 Å². The van der Waals surface area contributed by atoms with E-state index in [-0.39, 0.29) is 0 Å². The molecule has 2 heterocycles. The number of aromatic nitrogens is 2. The summed E-state index contributed by atoms with van der Waals surface area (Å²) < 4.78 is 0. The highest BCUT2D eigenvalue weighted by molar-refractivity contribution is 7.99. The lowest BCUT2D eigenvalue weighted by Crippen LogP contribution is -2.27. The molecule has 1 N–H and O–H groups in total. The molecule has 0 unspecified atom stereocenters. The van der Waals surface area contributed by atoms with E-state index in [0.717, 1.165) is 42.3 Å². The molecule has 2 aliphatic carbocycles. The maximum Gasteiger partial charge on any atom is 0.138 e. The fourth-order valence-electron chi connectivity index (χ4n) is 3.43. The normalized spacial score (nSPS) is 23.0. The second-order valence-corrected chi connectivity index (χ2v) is 7.66. The molecule has 108 valence electrons. The van der Waals surface area contributed by atoms with Crippen molar-refractivity contribution in [2.24, 2.45) is 0 Å². The van der Waals surface area contributed by atoms with Gasteiger partial charge >= 0.3 is 0 Å². The predicted octanol–water partition coefficient (Wildman–Crippen LogP) is 3.18. The van der Waals surface area contributed by atoms with Crippen molar-refractivity contribution in [3.63, 3.8) is 0 Å². The zero-order valence-corrected chi connectivity index (χ0v) is 12.8. The Morgan fingerprint density at radius 2 is 1.95 bits per heavy atom. The fraction of sp³-hybridized carbons (Fsp3) is 0.750. The highest BCUT2D eigenvalue weighted by atomic mass is 32.2. The van der Waals surface area contributed by atoms with Crippen LogP contribution in [-0.4, -0.2) is 21.8 Å². The van der Waals surface area contributed by atoms with Crippen LogP contribution in [0.4, 0.5) is 0 Å². The molecule has 1 aromatic heterocycles. The number of thioether (sulfide) groups is 1. The summed E-state index contributed by atoms with van der Waals surface area (Å²) in [4.78, 5) is 9.81. The third-order valence-electron chi connectivity index (χ3n) is 4.73. The molecule has 1 aromatic rings. The second kappa shape index (κ2) is 5.64. The molecule has 0 bridgehead atoms. The largest absolute Gasteiger partial charge is 0.312 e. The first-order chi connectivity index (χ1) is 9.90. The molecule has 0 atom stereocenters. The van der Waals surface area contributed by atoms with Crippen molar-refractivity contribution < 1.29 is 0 Å². The third-order valence-corrected chi connectivity index (χ3v) is 6.09. The minimum atomic E-state index is 0.738. The van der Waals surface area contributed by atoms with Crippen molar-refractivity contribution in [2.75, 3.05) is 6.54 Å². The molecule has 1 aliphatic heterocycles. The molecular formula is C16H23N3S. The van der Waals surface area contributed by atoms with E-state index in [1.54, 1.807) is 0 Å². The average Bonchev–Trinajstić information content (AvgIpc) is 3.20. The summed E-state index contributed by atoms with van der Waals surface area (Å²) in [6.07, 6.45) is 9.38. The fourth-order valence-corrected chi connectivity index (χ4v) is 4.61. The lowest BCUT2D eigenvalue weighted by atomic mass is 10.0. The number of nitrogens with one attached hydrogen (secondary N) is 1. The molecule has 4 heteroatoms. The van der Waals surface area contributed by atoms with Gasteiger partial charge in [-0.1, -0.05) is 12.8 Å². The van der Waals surface area contributed by atoms with Crippen LogP contribution in [0.15, 0.2) is 0 Å². The van der Waals surface area contributed by atoms with Crippen molar-refractivity contribution in [3.8, 4) is 0 Å². The molecule has 0 spiro atoms. The molecule has 0 radical (unpaired) electrons. The molecule has 3 nitrogen and oxygen atoms in total. The molecule has 3 aliphatic rings. The summed E-state index contributed by atoms with van der Waals surface area (Å²) in [6.45, 7) is 2.06. The average molecular weight is 289 g/mol. The van der Waals surface area contributed by atoms with Gasteiger partial charge in [0.25, 0.3) is 0 Å². The van der Waals surface area contributed by atoms with Crippen LogP contribution in [0.25, 0.3) is 0 Å². The van der Waals surface area contributed by atoms with Gasteiger partial charge in [0, 0.05) is 36.2 Å². The van der Waals surface area contributed by atoms with E-state index in [1.165, 1.54) is 55.5 Å². The Labute approximate surface area is 125 Å². The maximum atomic E-state index is 4.94. The second-order valence-electron chi connectivity index (χ2n) is 6.37. The van der Waals surface area contributed by atoms with Gasteiger partial charge in [-0.2, -0.15) is 11.8 Å². The monoisotopic (exact) mass is 289 g/mol. The number of hydrogen-bond acceptors (Lipinski definition) is 4. The zero-order chi connectivity index (χ0) is 13.4. The summed E-state index contributed by atoms with van der Waals surface area (Å²) in [5.74, 6) is 2.86. The van der Waals surface area contributed by atoms with Gasteiger partial charge in [-0.15, -0.1) is 0 Å². The van der Waals surface area contributed by atoms with E-state index in [2.05, 4.69) is 17.1 Å². The molecule has 0 amide bonds. The van der Waals surface area contributed by atoms with Crippen LogP contribution in [0.5, 0.6) is 0 Å². The first kappa shape index (κ1) is 13.1. The van der Waals surface area contributed by atoms with Gasteiger partial charge in [0.1, 0.15) is 5.82 Å². The highest BCUT2D eigenvalue weighted by Gasteiger charge is 2.30. The van der Waals surface area contributed by atoms with Crippen LogP contribution in [0.3, 0.4) is 0 Å². The van der Waals surface area contributed by atoms with E-state index in [0.29, 0.717) is 0 Å².